The van der Waals surface area contributed by atoms with Crippen LogP contribution in [0.25, 0.3) is 6.08 Å². The molecule has 1 aromatic rings. The summed E-state index contributed by atoms with van der Waals surface area (Å²) in [5.41, 5.74) is 1.46. The number of methoxy groups -OCH3 is 1. The van der Waals surface area contributed by atoms with Crippen molar-refractivity contribution in [3.8, 4) is 11.5 Å². The van der Waals surface area contributed by atoms with Gasteiger partial charge < -0.3 is 14.4 Å². The fourth-order valence-corrected chi connectivity index (χ4v) is 4.81. The summed E-state index contributed by atoms with van der Waals surface area (Å²) >= 11 is 7.80. The number of rotatable bonds is 6. The molecule has 2 aliphatic rings. The van der Waals surface area contributed by atoms with E-state index in [4.69, 9.17) is 21.7 Å². The minimum absolute atomic E-state index is 0.0136. The van der Waals surface area contributed by atoms with Gasteiger partial charge in [0.1, 0.15) is 12.3 Å². The largest absolute Gasteiger partial charge is 0.493 e. The van der Waals surface area contributed by atoms with E-state index < -0.39 is 0 Å². The number of ether oxygens (including phenoxy) is 2. The van der Waals surface area contributed by atoms with Crippen LogP contribution in [-0.4, -0.2) is 47.6 Å². The fourth-order valence-electron chi connectivity index (χ4n) is 3.70. The van der Waals surface area contributed by atoms with Crippen LogP contribution in [-0.2, 0) is 4.79 Å². The van der Waals surface area contributed by atoms with Crippen molar-refractivity contribution < 1.29 is 14.3 Å². The second kappa shape index (κ2) is 9.26. The number of carbonyl (C=O) groups is 1. The topological polar surface area (TPSA) is 42.0 Å². The van der Waals surface area contributed by atoms with E-state index in [-0.39, 0.29) is 11.9 Å². The summed E-state index contributed by atoms with van der Waals surface area (Å²) in [6.07, 6.45) is 9.16. The molecule has 1 aliphatic carbocycles. The maximum absolute atomic E-state index is 13.1. The SMILES string of the molecule is C=CCOc1c(I)cc(/C=C2/C(=O)N(C3CCCCC3)C(=S)N2C)cc1OC. The molecule has 1 aliphatic heterocycles. The molecule has 28 heavy (non-hydrogen) atoms. The second-order valence-electron chi connectivity index (χ2n) is 6.97. The molecule has 0 N–H and O–H groups in total. The van der Waals surface area contributed by atoms with Crippen molar-refractivity contribution in [2.24, 2.45) is 0 Å². The third-order valence-electron chi connectivity index (χ3n) is 5.13. The summed E-state index contributed by atoms with van der Waals surface area (Å²) in [5, 5.41) is 0.593. The summed E-state index contributed by atoms with van der Waals surface area (Å²) in [7, 11) is 3.47. The first-order valence-corrected chi connectivity index (χ1v) is 10.9. The van der Waals surface area contributed by atoms with E-state index in [1.807, 2.05) is 35.1 Å². The first-order valence-electron chi connectivity index (χ1n) is 9.42. The van der Waals surface area contributed by atoms with Gasteiger partial charge in [-0.3, -0.25) is 9.69 Å². The van der Waals surface area contributed by atoms with Crippen molar-refractivity contribution in [3.63, 3.8) is 0 Å². The van der Waals surface area contributed by atoms with Crippen LogP contribution in [0.1, 0.15) is 37.7 Å². The Labute approximate surface area is 185 Å². The first kappa shape index (κ1) is 21.1. The van der Waals surface area contributed by atoms with E-state index in [1.165, 1.54) is 6.42 Å². The summed E-state index contributed by atoms with van der Waals surface area (Å²) < 4.78 is 12.1. The van der Waals surface area contributed by atoms with Gasteiger partial charge in [-0.2, -0.15) is 0 Å². The van der Waals surface area contributed by atoms with Crippen molar-refractivity contribution in [2.45, 2.75) is 38.1 Å². The zero-order valence-corrected chi connectivity index (χ0v) is 19.2. The Hall–Kier alpha value is -1.61. The van der Waals surface area contributed by atoms with Crippen molar-refractivity contribution in [1.29, 1.82) is 0 Å². The molecular formula is C21H25IN2O3S. The van der Waals surface area contributed by atoms with Gasteiger partial charge in [0.05, 0.1) is 10.7 Å². The standard InChI is InChI=1S/C21H25IN2O3S/c1-4-10-27-19-16(22)11-14(13-18(19)26-3)12-17-20(25)24(21(28)23(17)2)15-8-6-5-7-9-15/h4,11-13,15H,1,5-10H2,2-3H3/b17-12-. The Morgan fingerprint density at radius 3 is 2.68 bits per heavy atom. The molecule has 1 saturated heterocycles. The summed E-state index contributed by atoms with van der Waals surface area (Å²) in [5.74, 6) is 1.29. The number of thiocarbonyl (C=S) groups is 1. The predicted octanol–water partition coefficient (Wildman–Crippen LogP) is 4.60. The van der Waals surface area contributed by atoms with E-state index in [0.717, 1.165) is 34.8 Å². The third-order valence-corrected chi connectivity index (χ3v) is 6.40. The number of nitrogens with zero attached hydrogens (tertiary/aromatic N) is 2. The molecule has 0 spiro atoms. The number of carbonyl (C=O) groups excluding carboxylic acids is 1. The number of hydrogen-bond donors (Lipinski definition) is 0. The normalized spacial score (nSPS) is 19.5. The summed E-state index contributed by atoms with van der Waals surface area (Å²) in [6, 6.07) is 4.06. The van der Waals surface area contributed by atoms with Crippen LogP contribution in [0.5, 0.6) is 11.5 Å². The van der Waals surface area contributed by atoms with Gasteiger partial charge in [0.2, 0.25) is 0 Å². The Bertz CT molecular complexity index is 818. The van der Waals surface area contributed by atoms with Gasteiger partial charge in [0.25, 0.3) is 5.91 Å². The highest BCUT2D eigenvalue weighted by Crippen LogP contribution is 2.36. The van der Waals surface area contributed by atoms with Gasteiger partial charge in [-0.25, -0.2) is 0 Å². The van der Waals surface area contributed by atoms with Crippen molar-refractivity contribution >= 4 is 51.9 Å². The molecule has 150 valence electrons. The maximum Gasteiger partial charge on any atom is 0.277 e. The number of likely N-dealkylation sites (N-methyl/N-ethyl adjacent to an activating group) is 1. The lowest BCUT2D eigenvalue weighted by Crippen LogP contribution is -2.41. The lowest BCUT2D eigenvalue weighted by Gasteiger charge is -2.30. The molecule has 3 rings (SSSR count). The van der Waals surface area contributed by atoms with Crippen molar-refractivity contribution in [1.82, 2.24) is 9.80 Å². The molecule has 5 nitrogen and oxygen atoms in total. The Kier molecular flexibility index (Phi) is 6.98. The van der Waals surface area contributed by atoms with E-state index in [2.05, 4.69) is 29.2 Å². The van der Waals surface area contributed by atoms with Gasteiger partial charge in [-0.05, 0) is 71.4 Å². The Balaban J connectivity index is 1.91. The van der Waals surface area contributed by atoms with Crippen LogP contribution in [0.15, 0.2) is 30.5 Å². The predicted molar refractivity (Wildman–Crippen MR) is 123 cm³/mol. The second-order valence-corrected chi connectivity index (χ2v) is 8.50. The van der Waals surface area contributed by atoms with E-state index in [0.29, 0.717) is 28.9 Å². The minimum Gasteiger partial charge on any atom is -0.493 e. The van der Waals surface area contributed by atoms with Crippen LogP contribution < -0.4 is 9.47 Å². The number of halogens is 1. The van der Waals surface area contributed by atoms with Gasteiger partial charge >= 0.3 is 0 Å². The molecule has 1 aromatic carbocycles. The highest BCUT2D eigenvalue weighted by molar-refractivity contribution is 14.1. The van der Waals surface area contributed by atoms with Gasteiger partial charge in [-0.1, -0.05) is 31.9 Å². The zero-order valence-electron chi connectivity index (χ0n) is 16.2. The van der Waals surface area contributed by atoms with Crippen LogP contribution in [0.2, 0.25) is 0 Å². The van der Waals surface area contributed by atoms with Gasteiger partial charge in [0.15, 0.2) is 16.6 Å². The lowest BCUT2D eigenvalue weighted by molar-refractivity contribution is -0.124. The highest BCUT2D eigenvalue weighted by Gasteiger charge is 2.40. The smallest absolute Gasteiger partial charge is 0.277 e. The molecule has 7 heteroatoms. The van der Waals surface area contributed by atoms with Crippen molar-refractivity contribution in [3.05, 3.63) is 39.6 Å². The summed E-state index contributed by atoms with van der Waals surface area (Å²) in [4.78, 5) is 16.8. The molecule has 0 atom stereocenters. The molecule has 1 heterocycles. The number of hydrogen-bond acceptors (Lipinski definition) is 4. The molecule has 2 fully saturated rings. The van der Waals surface area contributed by atoms with Crippen LogP contribution in [0.4, 0.5) is 0 Å². The maximum atomic E-state index is 13.1. The zero-order chi connectivity index (χ0) is 20.3. The summed E-state index contributed by atoms with van der Waals surface area (Å²) in [6.45, 7) is 4.08. The minimum atomic E-state index is -0.0136. The third kappa shape index (κ3) is 4.20. The van der Waals surface area contributed by atoms with Gasteiger partial charge in [0, 0.05) is 13.1 Å². The molecule has 0 aromatic heterocycles. The monoisotopic (exact) mass is 512 g/mol. The molecule has 0 bridgehead atoms. The Morgan fingerprint density at radius 1 is 1.32 bits per heavy atom. The first-order chi connectivity index (χ1) is 13.5. The highest BCUT2D eigenvalue weighted by atomic mass is 127. The van der Waals surface area contributed by atoms with Gasteiger partial charge in [-0.15, -0.1) is 0 Å². The quantitative estimate of drug-likeness (QED) is 0.241. The van der Waals surface area contributed by atoms with Crippen LogP contribution in [0, 0.1) is 3.57 Å². The number of amides is 1. The van der Waals surface area contributed by atoms with Crippen molar-refractivity contribution in [2.75, 3.05) is 20.8 Å². The fraction of sp³-hybridized carbons (Fsp3) is 0.429. The molecule has 0 unspecified atom stereocenters. The molecule has 0 radical (unpaired) electrons. The van der Waals surface area contributed by atoms with E-state index >= 15 is 0 Å². The number of benzene rings is 1. The Morgan fingerprint density at radius 2 is 2.04 bits per heavy atom. The van der Waals surface area contributed by atoms with E-state index in [9.17, 15) is 4.79 Å². The average molecular weight is 512 g/mol. The van der Waals surface area contributed by atoms with E-state index in [1.54, 1.807) is 13.2 Å². The molecule has 1 saturated carbocycles. The van der Waals surface area contributed by atoms with Crippen LogP contribution >= 0.6 is 34.8 Å². The van der Waals surface area contributed by atoms with Crippen LogP contribution in [0.3, 0.4) is 0 Å². The molecule has 1 amide bonds. The average Bonchev–Trinajstić information content (AvgIpc) is 2.90. The lowest BCUT2D eigenvalue weighted by atomic mass is 9.94. The molecular weight excluding hydrogens is 487 g/mol.